The van der Waals surface area contributed by atoms with E-state index < -0.39 is 0 Å². The van der Waals surface area contributed by atoms with Gasteiger partial charge < -0.3 is 4.74 Å². The molecule has 1 aliphatic heterocycles. The van der Waals surface area contributed by atoms with Gasteiger partial charge in [0.2, 0.25) is 0 Å². The zero-order chi connectivity index (χ0) is 23.9. The summed E-state index contributed by atoms with van der Waals surface area (Å²) in [5.41, 5.74) is 5.20. The van der Waals surface area contributed by atoms with Crippen LogP contribution in [0.1, 0.15) is 28.2 Å². The van der Waals surface area contributed by atoms with Crippen LogP contribution in [0.2, 0.25) is 0 Å². The normalized spacial score (nSPS) is 16.9. The fraction of sp³-hybridized carbons (Fsp3) is 0.250. The maximum absolute atomic E-state index is 6.26. The number of hydrogen-bond donors (Lipinski definition) is 0. The van der Waals surface area contributed by atoms with Crippen molar-refractivity contribution >= 4 is 0 Å². The van der Waals surface area contributed by atoms with Crippen molar-refractivity contribution in [2.24, 2.45) is 0 Å². The molecule has 0 N–H and O–H groups in total. The van der Waals surface area contributed by atoms with Crippen LogP contribution in [0.3, 0.4) is 0 Å². The molecular weight excluding hydrogens is 428 g/mol. The summed E-state index contributed by atoms with van der Waals surface area (Å²) in [4.78, 5) is 5.13. The highest BCUT2D eigenvalue weighted by molar-refractivity contribution is 5.36. The van der Waals surface area contributed by atoms with Crippen molar-refractivity contribution in [2.75, 3.05) is 26.7 Å². The SMILES string of the molecule is CN1CCN(Cc2ccccc2OCc2ccccc2)CC1C(c1ccccc1)c1ccccc1. The molecule has 1 heterocycles. The Kier molecular flexibility index (Phi) is 7.57. The van der Waals surface area contributed by atoms with E-state index in [1.807, 2.05) is 6.07 Å². The molecule has 1 unspecified atom stereocenters. The summed E-state index contributed by atoms with van der Waals surface area (Å²) < 4.78 is 6.26. The molecule has 0 aliphatic carbocycles. The second-order valence-electron chi connectivity index (χ2n) is 9.46. The molecule has 178 valence electrons. The smallest absolute Gasteiger partial charge is 0.124 e. The standard InChI is InChI=1S/C32H34N2O/c1-33-21-22-34(23-29-19-11-12-20-31(29)35-25-26-13-5-2-6-14-26)24-30(33)32(27-15-7-3-8-16-27)28-17-9-4-10-18-28/h2-20,30,32H,21-25H2,1H3. The number of para-hydroxylation sites is 1. The lowest BCUT2D eigenvalue weighted by Crippen LogP contribution is -2.53. The number of rotatable bonds is 8. The van der Waals surface area contributed by atoms with Crippen LogP contribution in [-0.2, 0) is 13.2 Å². The molecule has 0 radical (unpaired) electrons. The van der Waals surface area contributed by atoms with Crippen molar-refractivity contribution in [1.82, 2.24) is 9.80 Å². The van der Waals surface area contributed by atoms with Gasteiger partial charge >= 0.3 is 0 Å². The summed E-state index contributed by atoms with van der Waals surface area (Å²) in [5, 5.41) is 0. The van der Waals surface area contributed by atoms with E-state index >= 15 is 0 Å². The predicted octanol–water partition coefficient (Wildman–Crippen LogP) is 6.21. The van der Waals surface area contributed by atoms with Crippen LogP contribution in [0.15, 0.2) is 115 Å². The summed E-state index contributed by atoms with van der Waals surface area (Å²) >= 11 is 0. The van der Waals surface area contributed by atoms with Crippen molar-refractivity contribution in [2.45, 2.75) is 25.1 Å². The van der Waals surface area contributed by atoms with Gasteiger partial charge in [-0.2, -0.15) is 0 Å². The molecule has 1 saturated heterocycles. The Morgan fingerprint density at radius 2 is 1.29 bits per heavy atom. The first-order valence-corrected chi connectivity index (χ1v) is 12.5. The fourth-order valence-corrected chi connectivity index (χ4v) is 5.17. The first-order chi connectivity index (χ1) is 17.3. The average Bonchev–Trinajstić information content (AvgIpc) is 2.92. The largest absolute Gasteiger partial charge is 0.489 e. The van der Waals surface area contributed by atoms with Crippen LogP contribution < -0.4 is 4.74 Å². The van der Waals surface area contributed by atoms with Crippen LogP contribution in [0.4, 0.5) is 0 Å². The van der Waals surface area contributed by atoms with E-state index in [9.17, 15) is 0 Å². The molecule has 0 saturated carbocycles. The summed E-state index contributed by atoms with van der Waals surface area (Å²) in [5.74, 6) is 1.31. The van der Waals surface area contributed by atoms with Gasteiger partial charge in [-0.3, -0.25) is 9.80 Å². The highest BCUT2D eigenvalue weighted by Crippen LogP contribution is 2.33. The minimum Gasteiger partial charge on any atom is -0.489 e. The molecule has 3 heteroatoms. The molecule has 1 aliphatic rings. The van der Waals surface area contributed by atoms with E-state index in [1.54, 1.807) is 0 Å². The van der Waals surface area contributed by atoms with E-state index in [2.05, 4.69) is 126 Å². The summed E-state index contributed by atoms with van der Waals surface area (Å²) in [6, 6.07) is 41.2. The maximum Gasteiger partial charge on any atom is 0.124 e. The molecule has 3 nitrogen and oxygen atoms in total. The molecule has 4 aromatic rings. The van der Waals surface area contributed by atoms with Crippen molar-refractivity contribution < 1.29 is 4.74 Å². The number of benzene rings is 4. The van der Waals surface area contributed by atoms with Crippen molar-refractivity contribution in [3.63, 3.8) is 0 Å². The topological polar surface area (TPSA) is 15.7 Å². The maximum atomic E-state index is 6.26. The molecule has 5 rings (SSSR count). The minimum atomic E-state index is 0.328. The van der Waals surface area contributed by atoms with Crippen molar-refractivity contribution in [3.8, 4) is 5.75 Å². The van der Waals surface area contributed by atoms with E-state index in [4.69, 9.17) is 4.74 Å². The van der Waals surface area contributed by atoms with Gasteiger partial charge in [-0.1, -0.05) is 109 Å². The first-order valence-electron chi connectivity index (χ1n) is 12.5. The van der Waals surface area contributed by atoms with E-state index in [1.165, 1.54) is 22.3 Å². The summed E-state index contributed by atoms with van der Waals surface area (Å²) in [6.07, 6.45) is 0. The van der Waals surface area contributed by atoms with Crippen LogP contribution in [0, 0.1) is 0 Å². The van der Waals surface area contributed by atoms with Gasteiger partial charge in [0.25, 0.3) is 0 Å². The second kappa shape index (κ2) is 11.4. The lowest BCUT2D eigenvalue weighted by molar-refractivity contribution is 0.0808. The molecule has 1 fully saturated rings. The number of likely N-dealkylation sites (N-methyl/N-ethyl adjacent to an activating group) is 1. The third-order valence-corrected chi connectivity index (χ3v) is 7.09. The first kappa shape index (κ1) is 23.3. The van der Waals surface area contributed by atoms with Gasteiger partial charge in [-0.25, -0.2) is 0 Å². The Bertz CT molecular complexity index is 1140. The third-order valence-electron chi connectivity index (χ3n) is 7.09. The van der Waals surface area contributed by atoms with Gasteiger partial charge in [0, 0.05) is 43.7 Å². The number of nitrogens with zero attached hydrogens (tertiary/aromatic N) is 2. The molecule has 4 aromatic carbocycles. The summed E-state index contributed by atoms with van der Waals surface area (Å²) in [7, 11) is 2.28. The fourth-order valence-electron chi connectivity index (χ4n) is 5.17. The predicted molar refractivity (Wildman–Crippen MR) is 144 cm³/mol. The molecule has 1 atom stereocenters. The van der Waals surface area contributed by atoms with Crippen molar-refractivity contribution in [1.29, 1.82) is 0 Å². The Morgan fingerprint density at radius 1 is 0.714 bits per heavy atom. The monoisotopic (exact) mass is 462 g/mol. The van der Waals surface area contributed by atoms with Crippen molar-refractivity contribution in [3.05, 3.63) is 138 Å². The third kappa shape index (κ3) is 5.82. The highest BCUT2D eigenvalue weighted by atomic mass is 16.5. The lowest BCUT2D eigenvalue weighted by atomic mass is 9.83. The van der Waals surface area contributed by atoms with E-state index in [0.717, 1.165) is 31.9 Å². The molecule has 0 aromatic heterocycles. The Balaban J connectivity index is 1.35. The van der Waals surface area contributed by atoms with Crippen LogP contribution >= 0.6 is 0 Å². The molecule has 0 spiro atoms. The Hall–Kier alpha value is -3.40. The van der Waals surface area contributed by atoms with Gasteiger partial charge in [-0.15, -0.1) is 0 Å². The van der Waals surface area contributed by atoms with Gasteiger partial charge in [0.15, 0.2) is 0 Å². The quantitative estimate of drug-likeness (QED) is 0.309. The minimum absolute atomic E-state index is 0.328. The lowest BCUT2D eigenvalue weighted by Gasteiger charge is -2.43. The van der Waals surface area contributed by atoms with Crippen LogP contribution in [-0.4, -0.2) is 42.5 Å². The molecule has 0 amide bonds. The van der Waals surface area contributed by atoms with Crippen LogP contribution in [0.25, 0.3) is 0 Å². The molecule has 0 bridgehead atoms. The molecular formula is C32H34N2O. The number of hydrogen-bond acceptors (Lipinski definition) is 3. The zero-order valence-electron chi connectivity index (χ0n) is 20.5. The Morgan fingerprint density at radius 3 is 1.94 bits per heavy atom. The molecule has 35 heavy (non-hydrogen) atoms. The highest BCUT2D eigenvalue weighted by Gasteiger charge is 2.33. The average molecular weight is 463 g/mol. The van der Waals surface area contributed by atoms with Gasteiger partial charge in [0.1, 0.15) is 12.4 Å². The number of ether oxygens (including phenoxy) is 1. The van der Waals surface area contributed by atoms with Crippen LogP contribution in [0.5, 0.6) is 5.75 Å². The second-order valence-corrected chi connectivity index (χ2v) is 9.46. The van der Waals surface area contributed by atoms with E-state index in [-0.39, 0.29) is 0 Å². The van der Waals surface area contributed by atoms with Gasteiger partial charge in [0.05, 0.1) is 0 Å². The zero-order valence-corrected chi connectivity index (χ0v) is 20.5. The van der Waals surface area contributed by atoms with Gasteiger partial charge in [-0.05, 0) is 29.8 Å². The van der Waals surface area contributed by atoms with E-state index in [0.29, 0.717) is 18.6 Å². The summed E-state index contributed by atoms with van der Waals surface area (Å²) in [6.45, 7) is 4.60. The number of piperazine rings is 1. The Labute approximate surface area is 209 Å².